The molecule has 0 saturated carbocycles. The monoisotopic (exact) mass is 438 g/mol. The lowest BCUT2D eigenvalue weighted by molar-refractivity contribution is -0.122. The zero-order valence-electron chi connectivity index (χ0n) is 18.1. The standard InChI is InChI=1S/C26H22N4O3/c1-17-8-7-9-18(14-17)24-28-26(33-29-24)21-12-5-6-13-22(21)27-25(32)19-15-23(31)30(16-19)20-10-3-2-4-11-20/h2-14,19H,15-16H2,1H3,(H,27,32)/t19-/m0/s1. The van der Waals surface area contributed by atoms with Gasteiger partial charge in [-0.25, -0.2) is 0 Å². The Morgan fingerprint density at radius 2 is 1.82 bits per heavy atom. The van der Waals surface area contributed by atoms with E-state index in [1.54, 1.807) is 11.0 Å². The fourth-order valence-electron chi connectivity index (χ4n) is 3.99. The molecule has 0 radical (unpaired) electrons. The van der Waals surface area contributed by atoms with Crippen molar-refractivity contribution in [3.05, 3.63) is 84.4 Å². The van der Waals surface area contributed by atoms with Crippen molar-refractivity contribution in [1.29, 1.82) is 0 Å². The fraction of sp³-hybridized carbons (Fsp3) is 0.154. The summed E-state index contributed by atoms with van der Waals surface area (Å²) in [4.78, 5) is 31.7. The quantitative estimate of drug-likeness (QED) is 0.488. The smallest absolute Gasteiger partial charge is 0.260 e. The maximum absolute atomic E-state index is 13.0. The van der Waals surface area contributed by atoms with Crippen LogP contribution in [0.1, 0.15) is 12.0 Å². The molecule has 1 aliphatic rings. The first-order chi connectivity index (χ1) is 16.1. The Morgan fingerprint density at radius 3 is 2.64 bits per heavy atom. The van der Waals surface area contributed by atoms with Crippen molar-refractivity contribution in [3.63, 3.8) is 0 Å². The number of hydrogen-bond acceptors (Lipinski definition) is 5. The Balaban J connectivity index is 1.35. The van der Waals surface area contributed by atoms with Crippen molar-refractivity contribution < 1.29 is 14.1 Å². The van der Waals surface area contributed by atoms with Gasteiger partial charge in [-0.1, -0.05) is 59.3 Å². The van der Waals surface area contributed by atoms with Crippen LogP contribution in [-0.4, -0.2) is 28.5 Å². The van der Waals surface area contributed by atoms with Crippen molar-refractivity contribution in [1.82, 2.24) is 10.1 Å². The number of aromatic nitrogens is 2. The summed E-state index contributed by atoms with van der Waals surface area (Å²) in [5.74, 6) is 0.0730. The third-order valence-corrected chi connectivity index (χ3v) is 5.68. The lowest BCUT2D eigenvalue weighted by Gasteiger charge is -2.16. The maximum Gasteiger partial charge on any atom is 0.260 e. The van der Waals surface area contributed by atoms with Gasteiger partial charge >= 0.3 is 0 Å². The van der Waals surface area contributed by atoms with Gasteiger partial charge in [0.2, 0.25) is 17.6 Å². The molecule has 0 unspecified atom stereocenters. The van der Waals surface area contributed by atoms with E-state index in [9.17, 15) is 9.59 Å². The number of anilines is 2. The van der Waals surface area contributed by atoms with Gasteiger partial charge in [-0.3, -0.25) is 9.59 Å². The average Bonchev–Trinajstić information content (AvgIpc) is 3.47. The first kappa shape index (κ1) is 20.6. The molecule has 1 fully saturated rings. The zero-order valence-corrected chi connectivity index (χ0v) is 18.1. The highest BCUT2D eigenvalue weighted by atomic mass is 16.5. The van der Waals surface area contributed by atoms with Gasteiger partial charge in [0.05, 0.1) is 17.2 Å². The van der Waals surface area contributed by atoms with Gasteiger partial charge in [0.15, 0.2) is 0 Å². The number of nitrogens with one attached hydrogen (secondary N) is 1. The lowest BCUT2D eigenvalue weighted by Crippen LogP contribution is -2.28. The van der Waals surface area contributed by atoms with Crippen molar-refractivity contribution in [3.8, 4) is 22.8 Å². The van der Waals surface area contributed by atoms with E-state index in [1.807, 2.05) is 79.7 Å². The Morgan fingerprint density at radius 1 is 1.03 bits per heavy atom. The number of benzene rings is 3. The molecule has 1 aromatic heterocycles. The highest BCUT2D eigenvalue weighted by Crippen LogP contribution is 2.31. The van der Waals surface area contributed by atoms with E-state index in [4.69, 9.17) is 4.52 Å². The summed E-state index contributed by atoms with van der Waals surface area (Å²) in [5, 5.41) is 7.06. The van der Waals surface area contributed by atoms with Gasteiger partial charge in [-0.05, 0) is 37.3 Å². The molecular weight excluding hydrogens is 416 g/mol. The van der Waals surface area contributed by atoms with Crippen LogP contribution in [0.2, 0.25) is 0 Å². The van der Waals surface area contributed by atoms with Crippen LogP contribution in [0, 0.1) is 12.8 Å². The summed E-state index contributed by atoms with van der Waals surface area (Å²) in [6, 6.07) is 24.5. The number of amides is 2. The molecule has 1 N–H and O–H groups in total. The molecule has 1 saturated heterocycles. The number of aryl methyl sites for hydroxylation is 1. The fourth-order valence-corrected chi connectivity index (χ4v) is 3.99. The lowest BCUT2D eigenvalue weighted by atomic mass is 10.1. The Hall–Kier alpha value is -4.26. The van der Waals surface area contributed by atoms with Gasteiger partial charge in [0, 0.05) is 24.2 Å². The molecule has 0 aliphatic carbocycles. The molecule has 7 nitrogen and oxygen atoms in total. The van der Waals surface area contributed by atoms with Crippen molar-refractivity contribution in [2.75, 3.05) is 16.8 Å². The molecule has 0 bridgehead atoms. The molecule has 1 atom stereocenters. The van der Waals surface area contributed by atoms with E-state index >= 15 is 0 Å². The van der Waals surface area contributed by atoms with Crippen molar-refractivity contribution in [2.45, 2.75) is 13.3 Å². The van der Waals surface area contributed by atoms with E-state index < -0.39 is 5.92 Å². The van der Waals surface area contributed by atoms with E-state index in [-0.39, 0.29) is 18.2 Å². The van der Waals surface area contributed by atoms with Crippen LogP contribution in [0.15, 0.2) is 83.4 Å². The molecule has 5 rings (SSSR count). The minimum atomic E-state index is -0.448. The maximum atomic E-state index is 13.0. The molecule has 1 aliphatic heterocycles. The van der Waals surface area contributed by atoms with Gasteiger partial charge in [-0.15, -0.1) is 0 Å². The van der Waals surface area contributed by atoms with Crippen molar-refractivity contribution in [2.24, 2.45) is 5.92 Å². The van der Waals surface area contributed by atoms with Crippen LogP contribution in [0.4, 0.5) is 11.4 Å². The van der Waals surface area contributed by atoms with Gasteiger partial charge in [-0.2, -0.15) is 4.98 Å². The second kappa shape index (κ2) is 8.70. The molecular formula is C26H22N4O3. The molecule has 2 amide bonds. The van der Waals surface area contributed by atoms with E-state index in [2.05, 4.69) is 15.5 Å². The van der Waals surface area contributed by atoms with E-state index in [0.29, 0.717) is 29.5 Å². The molecule has 33 heavy (non-hydrogen) atoms. The summed E-state index contributed by atoms with van der Waals surface area (Å²) in [7, 11) is 0. The normalized spacial score (nSPS) is 15.6. The van der Waals surface area contributed by atoms with Crippen LogP contribution >= 0.6 is 0 Å². The minimum Gasteiger partial charge on any atom is -0.334 e. The number of carbonyl (C=O) groups excluding carboxylic acids is 2. The van der Waals surface area contributed by atoms with Crippen LogP contribution in [0.3, 0.4) is 0 Å². The number of para-hydroxylation sites is 2. The summed E-state index contributed by atoms with van der Waals surface area (Å²) < 4.78 is 5.51. The summed E-state index contributed by atoms with van der Waals surface area (Å²) in [6.45, 7) is 2.34. The summed E-state index contributed by atoms with van der Waals surface area (Å²) in [6.07, 6.45) is 0.168. The highest BCUT2D eigenvalue weighted by Gasteiger charge is 2.35. The number of carbonyl (C=O) groups is 2. The second-order valence-corrected chi connectivity index (χ2v) is 8.07. The molecule has 0 spiro atoms. The largest absolute Gasteiger partial charge is 0.334 e. The molecule has 2 heterocycles. The average molecular weight is 438 g/mol. The van der Waals surface area contributed by atoms with Gasteiger partial charge in [0.1, 0.15) is 0 Å². The topological polar surface area (TPSA) is 88.3 Å². The summed E-state index contributed by atoms with van der Waals surface area (Å²) >= 11 is 0. The first-order valence-electron chi connectivity index (χ1n) is 10.7. The van der Waals surface area contributed by atoms with Crippen LogP contribution < -0.4 is 10.2 Å². The minimum absolute atomic E-state index is 0.0608. The first-order valence-corrected chi connectivity index (χ1v) is 10.7. The second-order valence-electron chi connectivity index (χ2n) is 8.07. The highest BCUT2D eigenvalue weighted by molar-refractivity contribution is 6.04. The predicted octanol–water partition coefficient (Wildman–Crippen LogP) is 4.70. The predicted molar refractivity (Wildman–Crippen MR) is 125 cm³/mol. The van der Waals surface area contributed by atoms with Crippen LogP contribution in [0.5, 0.6) is 0 Å². The Bertz CT molecular complexity index is 1320. The Labute approximate surface area is 191 Å². The van der Waals surface area contributed by atoms with E-state index in [1.165, 1.54) is 0 Å². The third kappa shape index (κ3) is 4.25. The summed E-state index contributed by atoms with van der Waals surface area (Å²) in [5.41, 5.74) is 3.95. The number of rotatable bonds is 5. The zero-order chi connectivity index (χ0) is 22.8. The van der Waals surface area contributed by atoms with Crippen LogP contribution in [0.25, 0.3) is 22.8 Å². The third-order valence-electron chi connectivity index (χ3n) is 5.68. The molecule has 7 heteroatoms. The Kier molecular flexibility index (Phi) is 5.44. The molecule has 4 aromatic rings. The van der Waals surface area contributed by atoms with Gasteiger partial charge in [0.25, 0.3) is 5.89 Å². The molecule has 164 valence electrons. The number of nitrogens with zero attached hydrogens (tertiary/aromatic N) is 3. The van der Waals surface area contributed by atoms with Crippen LogP contribution in [-0.2, 0) is 9.59 Å². The van der Waals surface area contributed by atoms with Gasteiger partial charge < -0.3 is 14.7 Å². The molecule has 3 aromatic carbocycles. The van der Waals surface area contributed by atoms with Crippen molar-refractivity contribution >= 4 is 23.2 Å². The number of hydrogen-bond donors (Lipinski definition) is 1. The SMILES string of the molecule is Cc1cccc(-c2noc(-c3ccccc3NC(=O)[C@H]3CC(=O)N(c4ccccc4)C3)n2)c1. The van der Waals surface area contributed by atoms with E-state index in [0.717, 1.165) is 16.8 Å².